The van der Waals surface area contributed by atoms with Gasteiger partial charge in [-0.3, -0.25) is 9.71 Å². The van der Waals surface area contributed by atoms with Gasteiger partial charge in [0.1, 0.15) is 12.1 Å². The standard InChI is InChI=1S/C20H23N5O2S/c1-13(2)24-20-19(15(4)22-12-23-20)16-10-18(14(3)21-11-16)25-28(26,27)17-8-6-5-7-9-17/h5-13,25H,1-4H3,(H,22,23,24). The monoisotopic (exact) mass is 397 g/mol. The quantitative estimate of drug-likeness (QED) is 0.657. The molecule has 2 heterocycles. The first-order chi connectivity index (χ1) is 13.3. The van der Waals surface area contributed by atoms with E-state index in [1.807, 2.05) is 20.8 Å². The summed E-state index contributed by atoms with van der Waals surface area (Å²) in [4.78, 5) is 13.2. The van der Waals surface area contributed by atoms with Crippen molar-refractivity contribution in [2.24, 2.45) is 0 Å². The van der Waals surface area contributed by atoms with Crippen molar-refractivity contribution in [3.8, 4) is 11.1 Å². The van der Waals surface area contributed by atoms with E-state index < -0.39 is 10.0 Å². The molecule has 0 bridgehead atoms. The number of aromatic nitrogens is 3. The first kappa shape index (κ1) is 19.8. The Morgan fingerprint density at radius 1 is 0.964 bits per heavy atom. The number of nitrogens with zero attached hydrogens (tertiary/aromatic N) is 3. The highest BCUT2D eigenvalue weighted by atomic mass is 32.2. The van der Waals surface area contributed by atoms with Crippen molar-refractivity contribution in [3.63, 3.8) is 0 Å². The fourth-order valence-electron chi connectivity index (χ4n) is 2.78. The summed E-state index contributed by atoms with van der Waals surface area (Å²) in [5, 5.41) is 3.30. The minimum Gasteiger partial charge on any atom is -0.367 e. The van der Waals surface area contributed by atoms with Crippen molar-refractivity contribution < 1.29 is 8.42 Å². The molecule has 7 nitrogen and oxygen atoms in total. The van der Waals surface area contributed by atoms with Crippen LogP contribution in [0.2, 0.25) is 0 Å². The number of hydrogen-bond acceptors (Lipinski definition) is 6. The molecule has 146 valence electrons. The third kappa shape index (κ3) is 4.28. The van der Waals surface area contributed by atoms with Gasteiger partial charge in [-0.25, -0.2) is 18.4 Å². The third-order valence-corrected chi connectivity index (χ3v) is 5.52. The van der Waals surface area contributed by atoms with Crippen molar-refractivity contribution in [2.45, 2.75) is 38.6 Å². The zero-order valence-corrected chi connectivity index (χ0v) is 17.1. The molecule has 0 amide bonds. The number of pyridine rings is 1. The van der Waals surface area contributed by atoms with E-state index in [-0.39, 0.29) is 10.9 Å². The Kier molecular flexibility index (Phi) is 5.60. The average molecular weight is 398 g/mol. The maximum Gasteiger partial charge on any atom is 0.261 e. The van der Waals surface area contributed by atoms with E-state index in [2.05, 4.69) is 25.0 Å². The van der Waals surface area contributed by atoms with Crippen LogP contribution in [-0.4, -0.2) is 29.4 Å². The van der Waals surface area contributed by atoms with Gasteiger partial charge in [0.15, 0.2) is 0 Å². The largest absolute Gasteiger partial charge is 0.367 e. The van der Waals surface area contributed by atoms with E-state index in [4.69, 9.17) is 0 Å². The van der Waals surface area contributed by atoms with Crippen LogP contribution >= 0.6 is 0 Å². The summed E-state index contributed by atoms with van der Waals surface area (Å²) in [7, 11) is -3.71. The Hall–Kier alpha value is -3.00. The lowest BCUT2D eigenvalue weighted by Gasteiger charge is -2.16. The van der Waals surface area contributed by atoms with Crippen LogP contribution in [0.25, 0.3) is 11.1 Å². The molecule has 0 fully saturated rings. The van der Waals surface area contributed by atoms with Crippen LogP contribution in [0, 0.1) is 13.8 Å². The molecule has 3 rings (SSSR count). The number of sulfonamides is 1. The smallest absolute Gasteiger partial charge is 0.261 e. The lowest BCUT2D eigenvalue weighted by atomic mass is 10.1. The first-order valence-corrected chi connectivity index (χ1v) is 10.4. The Morgan fingerprint density at radius 2 is 1.68 bits per heavy atom. The summed E-state index contributed by atoms with van der Waals surface area (Å²) in [5.74, 6) is 0.685. The van der Waals surface area contributed by atoms with E-state index in [9.17, 15) is 8.42 Å². The van der Waals surface area contributed by atoms with Gasteiger partial charge >= 0.3 is 0 Å². The summed E-state index contributed by atoms with van der Waals surface area (Å²) in [6.07, 6.45) is 3.21. The molecule has 0 unspecified atom stereocenters. The molecule has 0 aliphatic heterocycles. The SMILES string of the molecule is Cc1ncc(-c2c(C)ncnc2NC(C)C)cc1NS(=O)(=O)c1ccccc1. The Balaban J connectivity index is 2.04. The van der Waals surface area contributed by atoms with Gasteiger partial charge in [-0.1, -0.05) is 18.2 Å². The van der Waals surface area contributed by atoms with E-state index in [1.165, 1.54) is 6.33 Å². The molecule has 2 N–H and O–H groups in total. The van der Waals surface area contributed by atoms with Crippen LogP contribution in [0.5, 0.6) is 0 Å². The average Bonchev–Trinajstić information content (AvgIpc) is 2.64. The van der Waals surface area contributed by atoms with Crippen LogP contribution in [0.15, 0.2) is 53.8 Å². The molecule has 0 spiro atoms. The zero-order valence-electron chi connectivity index (χ0n) is 16.3. The Morgan fingerprint density at radius 3 is 2.36 bits per heavy atom. The summed E-state index contributed by atoms with van der Waals surface area (Å²) in [5.41, 5.74) is 3.30. The van der Waals surface area contributed by atoms with E-state index in [0.717, 1.165) is 16.8 Å². The molecule has 0 aliphatic rings. The second-order valence-electron chi connectivity index (χ2n) is 6.76. The van der Waals surface area contributed by atoms with E-state index in [0.29, 0.717) is 17.2 Å². The normalized spacial score (nSPS) is 11.5. The maximum absolute atomic E-state index is 12.7. The van der Waals surface area contributed by atoms with Crippen molar-refractivity contribution >= 4 is 21.5 Å². The summed E-state index contributed by atoms with van der Waals surface area (Å²) >= 11 is 0. The molecule has 3 aromatic rings. The molecule has 0 saturated carbocycles. The van der Waals surface area contributed by atoms with Gasteiger partial charge in [0, 0.05) is 23.4 Å². The molecule has 28 heavy (non-hydrogen) atoms. The van der Waals surface area contributed by atoms with Gasteiger partial charge in [0.25, 0.3) is 10.0 Å². The summed E-state index contributed by atoms with van der Waals surface area (Å²) in [6.45, 7) is 7.69. The van der Waals surface area contributed by atoms with Gasteiger partial charge in [-0.05, 0) is 45.9 Å². The minimum absolute atomic E-state index is 0.183. The summed E-state index contributed by atoms with van der Waals surface area (Å²) in [6, 6.07) is 10.2. The number of nitrogens with one attached hydrogen (secondary N) is 2. The van der Waals surface area contributed by atoms with Gasteiger partial charge in [-0.15, -0.1) is 0 Å². The second kappa shape index (κ2) is 7.93. The molecular formula is C20H23N5O2S. The van der Waals surface area contributed by atoms with Gasteiger partial charge in [-0.2, -0.15) is 0 Å². The third-order valence-electron chi connectivity index (χ3n) is 4.14. The number of anilines is 2. The predicted molar refractivity (Wildman–Crippen MR) is 111 cm³/mol. The van der Waals surface area contributed by atoms with Crippen LogP contribution in [0.4, 0.5) is 11.5 Å². The fraction of sp³-hybridized carbons (Fsp3) is 0.250. The molecule has 2 aromatic heterocycles. The first-order valence-electron chi connectivity index (χ1n) is 8.91. The Bertz CT molecular complexity index is 1080. The molecule has 0 radical (unpaired) electrons. The van der Waals surface area contributed by atoms with Crippen LogP contribution in [0.1, 0.15) is 25.2 Å². The molecule has 0 saturated heterocycles. The second-order valence-corrected chi connectivity index (χ2v) is 8.44. The topological polar surface area (TPSA) is 96.9 Å². The predicted octanol–water partition coefficient (Wildman–Crippen LogP) is 3.78. The molecule has 8 heteroatoms. The number of aryl methyl sites for hydroxylation is 2. The van der Waals surface area contributed by atoms with E-state index in [1.54, 1.807) is 49.5 Å². The van der Waals surface area contributed by atoms with Gasteiger partial charge in [0.2, 0.25) is 0 Å². The molecule has 0 aliphatic carbocycles. The minimum atomic E-state index is -3.71. The highest BCUT2D eigenvalue weighted by molar-refractivity contribution is 7.92. The highest BCUT2D eigenvalue weighted by Crippen LogP contribution is 2.31. The Labute approximate surface area is 165 Å². The van der Waals surface area contributed by atoms with Gasteiger partial charge in [0.05, 0.1) is 22.0 Å². The van der Waals surface area contributed by atoms with Crippen LogP contribution < -0.4 is 10.0 Å². The fourth-order valence-corrected chi connectivity index (χ4v) is 3.91. The maximum atomic E-state index is 12.7. The lowest BCUT2D eigenvalue weighted by Crippen LogP contribution is -2.15. The highest BCUT2D eigenvalue weighted by Gasteiger charge is 2.18. The molecular weight excluding hydrogens is 374 g/mol. The number of benzene rings is 1. The van der Waals surface area contributed by atoms with E-state index >= 15 is 0 Å². The van der Waals surface area contributed by atoms with Crippen LogP contribution in [-0.2, 0) is 10.0 Å². The molecule has 0 atom stereocenters. The number of hydrogen-bond donors (Lipinski definition) is 2. The van der Waals surface area contributed by atoms with Crippen LogP contribution in [0.3, 0.4) is 0 Å². The zero-order chi connectivity index (χ0) is 20.3. The number of rotatable bonds is 6. The lowest BCUT2D eigenvalue weighted by molar-refractivity contribution is 0.601. The summed E-state index contributed by atoms with van der Waals surface area (Å²) < 4.78 is 28.1. The van der Waals surface area contributed by atoms with Crippen molar-refractivity contribution in [2.75, 3.05) is 10.0 Å². The van der Waals surface area contributed by atoms with Crippen molar-refractivity contribution in [3.05, 3.63) is 60.3 Å². The molecule has 1 aromatic carbocycles. The van der Waals surface area contributed by atoms with Crippen molar-refractivity contribution in [1.82, 2.24) is 15.0 Å². The van der Waals surface area contributed by atoms with Gasteiger partial charge < -0.3 is 5.32 Å². The van der Waals surface area contributed by atoms with Crippen molar-refractivity contribution in [1.29, 1.82) is 0 Å².